The zero-order valence-electron chi connectivity index (χ0n) is 11.8. The van der Waals surface area contributed by atoms with E-state index in [4.69, 9.17) is 23.2 Å². The molecule has 0 fully saturated rings. The first-order chi connectivity index (χ1) is 9.95. The molecule has 0 heterocycles. The molecule has 1 atom stereocenters. The van der Waals surface area contributed by atoms with Crippen molar-refractivity contribution in [3.63, 3.8) is 0 Å². The maximum Gasteiger partial charge on any atom is 0.246 e. The van der Waals surface area contributed by atoms with Crippen molar-refractivity contribution in [2.24, 2.45) is 0 Å². The average molecular weight is 323 g/mol. The molecule has 21 heavy (non-hydrogen) atoms. The van der Waals surface area contributed by atoms with E-state index in [0.29, 0.717) is 15.7 Å². The average Bonchev–Trinajstić information content (AvgIpc) is 2.44. The Balaban J connectivity index is 2.00. The molecule has 2 aromatic rings. The Bertz CT molecular complexity index is 641. The zero-order valence-corrected chi connectivity index (χ0v) is 13.3. The summed E-state index contributed by atoms with van der Waals surface area (Å²) in [5.74, 6) is -0.167. The van der Waals surface area contributed by atoms with Gasteiger partial charge in [0.25, 0.3) is 0 Å². The molecule has 0 saturated heterocycles. The van der Waals surface area contributed by atoms with E-state index in [1.54, 1.807) is 25.1 Å². The molecule has 0 saturated carbocycles. The van der Waals surface area contributed by atoms with Crippen LogP contribution in [-0.4, -0.2) is 11.9 Å². The number of hydrogen-bond acceptors (Lipinski definition) is 2. The lowest BCUT2D eigenvalue weighted by Gasteiger charge is -2.16. The third-order valence-electron chi connectivity index (χ3n) is 3.02. The summed E-state index contributed by atoms with van der Waals surface area (Å²) >= 11 is 11.9. The maximum atomic E-state index is 12.2. The topological polar surface area (TPSA) is 41.1 Å². The van der Waals surface area contributed by atoms with Crippen molar-refractivity contribution >= 4 is 40.5 Å². The molecule has 5 heteroatoms. The van der Waals surface area contributed by atoms with Gasteiger partial charge in [-0.1, -0.05) is 40.9 Å². The summed E-state index contributed by atoms with van der Waals surface area (Å²) < 4.78 is 0. The van der Waals surface area contributed by atoms with E-state index in [0.717, 1.165) is 5.69 Å². The van der Waals surface area contributed by atoms with Gasteiger partial charge in [-0.3, -0.25) is 4.79 Å². The Morgan fingerprint density at radius 1 is 1.10 bits per heavy atom. The molecule has 0 aliphatic carbocycles. The smallest absolute Gasteiger partial charge is 0.246 e. The van der Waals surface area contributed by atoms with Crippen molar-refractivity contribution in [3.05, 3.63) is 58.1 Å². The molecule has 2 rings (SSSR count). The molecule has 0 unspecified atom stereocenters. The number of hydrogen-bond donors (Lipinski definition) is 2. The number of amides is 1. The van der Waals surface area contributed by atoms with Gasteiger partial charge in [-0.15, -0.1) is 0 Å². The van der Waals surface area contributed by atoms with Crippen LogP contribution in [0.4, 0.5) is 11.4 Å². The molecule has 1 amide bonds. The van der Waals surface area contributed by atoms with E-state index in [-0.39, 0.29) is 11.9 Å². The Kier molecular flexibility index (Phi) is 5.10. The van der Waals surface area contributed by atoms with Gasteiger partial charge in [0.15, 0.2) is 0 Å². The summed E-state index contributed by atoms with van der Waals surface area (Å²) in [4.78, 5) is 12.2. The van der Waals surface area contributed by atoms with Gasteiger partial charge < -0.3 is 10.6 Å². The highest BCUT2D eigenvalue weighted by atomic mass is 35.5. The normalized spacial score (nSPS) is 11.8. The molecule has 0 aliphatic heterocycles. The number of benzene rings is 2. The SMILES string of the molecule is Cc1ccc(N[C@@H](C)C(=O)Nc2ccc(Cl)cc2Cl)cc1. The highest BCUT2D eigenvalue weighted by Crippen LogP contribution is 2.25. The Hall–Kier alpha value is -1.71. The molecule has 2 aromatic carbocycles. The number of halogens is 2. The Morgan fingerprint density at radius 2 is 1.76 bits per heavy atom. The predicted molar refractivity (Wildman–Crippen MR) is 89.4 cm³/mol. The van der Waals surface area contributed by atoms with Crippen LogP contribution < -0.4 is 10.6 Å². The molecule has 3 nitrogen and oxygen atoms in total. The summed E-state index contributed by atoms with van der Waals surface area (Å²) in [6.45, 7) is 3.81. The van der Waals surface area contributed by atoms with Crippen LogP contribution in [0.3, 0.4) is 0 Å². The fourth-order valence-corrected chi connectivity index (χ4v) is 2.25. The van der Waals surface area contributed by atoms with Crippen LogP contribution in [0.5, 0.6) is 0 Å². The summed E-state index contributed by atoms with van der Waals surface area (Å²) in [5, 5.41) is 6.86. The highest BCUT2D eigenvalue weighted by molar-refractivity contribution is 6.36. The van der Waals surface area contributed by atoms with Crippen molar-refractivity contribution in [1.82, 2.24) is 0 Å². The van der Waals surface area contributed by atoms with Gasteiger partial charge in [-0.25, -0.2) is 0 Å². The number of carbonyl (C=O) groups excluding carboxylic acids is 1. The largest absolute Gasteiger partial charge is 0.374 e. The molecule has 0 aliphatic rings. The molecular weight excluding hydrogens is 307 g/mol. The lowest BCUT2D eigenvalue weighted by molar-refractivity contribution is -0.116. The second kappa shape index (κ2) is 6.83. The van der Waals surface area contributed by atoms with Crippen LogP contribution >= 0.6 is 23.2 Å². The summed E-state index contributed by atoms with van der Waals surface area (Å²) in [7, 11) is 0. The Morgan fingerprint density at radius 3 is 2.38 bits per heavy atom. The van der Waals surface area contributed by atoms with Gasteiger partial charge in [0.2, 0.25) is 5.91 Å². The standard InChI is InChI=1S/C16H16Cl2N2O/c1-10-3-6-13(7-4-10)19-11(2)16(21)20-15-8-5-12(17)9-14(15)18/h3-9,11,19H,1-2H3,(H,20,21)/t11-/m0/s1. The minimum Gasteiger partial charge on any atom is -0.374 e. The monoisotopic (exact) mass is 322 g/mol. The van der Waals surface area contributed by atoms with E-state index in [2.05, 4.69) is 10.6 Å². The molecule has 110 valence electrons. The van der Waals surface area contributed by atoms with Crippen molar-refractivity contribution in [2.75, 3.05) is 10.6 Å². The van der Waals surface area contributed by atoms with Crippen LogP contribution in [0.25, 0.3) is 0 Å². The fourth-order valence-electron chi connectivity index (χ4n) is 1.80. The first kappa shape index (κ1) is 15.7. The van der Waals surface area contributed by atoms with Crippen molar-refractivity contribution in [1.29, 1.82) is 0 Å². The van der Waals surface area contributed by atoms with E-state index < -0.39 is 0 Å². The van der Waals surface area contributed by atoms with E-state index >= 15 is 0 Å². The maximum absolute atomic E-state index is 12.2. The van der Waals surface area contributed by atoms with Gasteiger partial charge >= 0.3 is 0 Å². The quantitative estimate of drug-likeness (QED) is 0.853. The molecule has 0 aromatic heterocycles. The van der Waals surface area contributed by atoms with E-state index in [1.165, 1.54) is 5.56 Å². The van der Waals surface area contributed by atoms with Crippen molar-refractivity contribution < 1.29 is 4.79 Å². The second-order valence-corrected chi connectivity index (χ2v) is 5.69. The third-order valence-corrected chi connectivity index (χ3v) is 3.56. The Labute approximate surface area is 134 Å². The second-order valence-electron chi connectivity index (χ2n) is 4.85. The fraction of sp³-hybridized carbons (Fsp3) is 0.188. The third kappa shape index (κ3) is 4.38. The minimum atomic E-state index is -0.389. The highest BCUT2D eigenvalue weighted by Gasteiger charge is 2.14. The van der Waals surface area contributed by atoms with E-state index in [9.17, 15) is 4.79 Å². The van der Waals surface area contributed by atoms with Gasteiger partial charge in [0.1, 0.15) is 6.04 Å². The lowest BCUT2D eigenvalue weighted by Crippen LogP contribution is -2.31. The predicted octanol–water partition coefficient (Wildman–Crippen LogP) is 4.74. The molecule has 0 spiro atoms. The number of rotatable bonds is 4. The summed E-state index contributed by atoms with van der Waals surface area (Å²) in [5.41, 5.74) is 2.61. The van der Waals surface area contributed by atoms with Crippen molar-refractivity contribution in [3.8, 4) is 0 Å². The van der Waals surface area contributed by atoms with Crippen LogP contribution in [-0.2, 0) is 4.79 Å². The van der Waals surface area contributed by atoms with Gasteiger partial charge in [-0.2, -0.15) is 0 Å². The van der Waals surface area contributed by atoms with Gasteiger partial charge in [0.05, 0.1) is 10.7 Å². The van der Waals surface area contributed by atoms with Crippen molar-refractivity contribution in [2.45, 2.75) is 19.9 Å². The summed E-state index contributed by atoms with van der Waals surface area (Å²) in [6, 6.07) is 12.4. The van der Waals surface area contributed by atoms with Crippen LogP contribution in [0.2, 0.25) is 10.0 Å². The zero-order chi connectivity index (χ0) is 15.4. The van der Waals surface area contributed by atoms with E-state index in [1.807, 2.05) is 31.2 Å². The van der Waals surface area contributed by atoms with Gasteiger partial charge in [0, 0.05) is 10.7 Å². The molecular formula is C16H16Cl2N2O. The van der Waals surface area contributed by atoms with Gasteiger partial charge in [-0.05, 0) is 44.2 Å². The van der Waals surface area contributed by atoms with Crippen LogP contribution in [0.15, 0.2) is 42.5 Å². The van der Waals surface area contributed by atoms with Crippen LogP contribution in [0.1, 0.15) is 12.5 Å². The van der Waals surface area contributed by atoms with Crippen LogP contribution in [0, 0.1) is 6.92 Å². The summed E-state index contributed by atoms with van der Waals surface area (Å²) in [6.07, 6.45) is 0. The number of carbonyl (C=O) groups is 1. The number of aryl methyl sites for hydroxylation is 1. The molecule has 2 N–H and O–H groups in total. The minimum absolute atomic E-state index is 0.167. The first-order valence-corrected chi connectivity index (χ1v) is 7.30. The lowest BCUT2D eigenvalue weighted by atomic mass is 10.2. The number of anilines is 2. The number of nitrogens with one attached hydrogen (secondary N) is 2. The first-order valence-electron chi connectivity index (χ1n) is 6.55. The molecule has 0 radical (unpaired) electrons. The molecule has 0 bridgehead atoms.